The normalized spacial score (nSPS) is 14.3. The fraction of sp³-hybridized carbons (Fsp3) is 0.625. The summed E-state index contributed by atoms with van der Waals surface area (Å²) < 4.78 is 5.64. The number of rotatable bonds is 8. The Labute approximate surface area is 127 Å². The summed E-state index contributed by atoms with van der Waals surface area (Å²) in [4.78, 5) is 0. The third kappa shape index (κ3) is 6.60. The predicted octanol–water partition coefficient (Wildman–Crippen LogP) is 3.87. The molecule has 0 bridgehead atoms. The van der Waals surface area contributed by atoms with Gasteiger partial charge in [-0.2, -0.15) is 0 Å². The van der Waals surface area contributed by atoms with Gasteiger partial charge in [0.1, 0.15) is 0 Å². The minimum Gasteiger partial charge on any atom is -0.389 e. The number of aliphatic hydroxyl groups excluding tert-OH is 1. The maximum Gasteiger partial charge on any atom is 0.0945 e. The molecule has 0 aliphatic carbocycles. The number of hydrogen-bond donors (Lipinski definition) is 2. The van der Waals surface area contributed by atoms with Crippen molar-refractivity contribution in [3.63, 3.8) is 0 Å². The SMILES string of the molecule is Cc1ccc(Cl)cc1NCC(O)COC(C)CC(C)C. The topological polar surface area (TPSA) is 41.5 Å². The summed E-state index contributed by atoms with van der Waals surface area (Å²) in [7, 11) is 0. The van der Waals surface area contributed by atoms with Crippen LogP contribution in [0.5, 0.6) is 0 Å². The Bertz CT molecular complexity index is 409. The molecule has 2 unspecified atom stereocenters. The molecule has 0 saturated heterocycles. The zero-order valence-corrected chi connectivity index (χ0v) is 13.6. The van der Waals surface area contributed by atoms with Crippen LogP contribution in [0.2, 0.25) is 5.02 Å². The summed E-state index contributed by atoms with van der Waals surface area (Å²) in [5, 5.41) is 13.8. The van der Waals surface area contributed by atoms with Gasteiger partial charge in [0.05, 0.1) is 18.8 Å². The average Bonchev–Trinajstić information content (AvgIpc) is 2.36. The van der Waals surface area contributed by atoms with E-state index in [0.717, 1.165) is 17.7 Å². The number of ether oxygens (including phenoxy) is 1. The van der Waals surface area contributed by atoms with Gasteiger partial charge < -0.3 is 15.2 Å². The van der Waals surface area contributed by atoms with Gasteiger partial charge in [-0.3, -0.25) is 0 Å². The Morgan fingerprint density at radius 1 is 1.30 bits per heavy atom. The van der Waals surface area contributed by atoms with E-state index < -0.39 is 6.10 Å². The highest BCUT2D eigenvalue weighted by Gasteiger charge is 2.10. The molecular weight excluding hydrogens is 274 g/mol. The van der Waals surface area contributed by atoms with E-state index in [4.69, 9.17) is 16.3 Å². The third-order valence-corrected chi connectivity index (χ3v) is 3.34. The van der Waals surface area contributed by atoms with Gasteiger partial charge >= 0.3 is 0 Å². The van der Waals surface area contributed by atoms with Crippen molar-refractivity contribution in [2.24, 2.45) is 5.92 Å². The highest BCUT2D eigenvalue weighted by Crippen LogP contribution is 2.20. The van der Waals surface area contributed by atoms with Gasteiger partial charge in [0.25, 0.3) is 0 Å². The minimum atomic E-state index is -0.525. The molecule has 0 aliphatic heterocycles. The van der Waals surface area contributed by atoms with Gasteiger partial charge in [0.15, 0.2) is 0 Å². The first-order chi connectivity index (χ1) is 9.38. The molecule has 0 aromatic heterocycles. The lowest BCUT2D eigenvalue weighted by atomic mass is 10.1. The molecule has 1 rings (SSSR count). The second kappa shape index (κ2) is 8.50. The van der Waals surface area contributed by atoms with Crippen LogP contribution in [0.25, 0.3) is 0 Å². The molecule has 0 radical (unpaired) electrons. The number of aliphatic hydroxyl groups is 1. The van der Waals surface area contributed by atoms with Crippen LogP contribution in [-0.2, 0) is 4.74 Å². The van der Waals surface area contributed by atoms with Crippen LogP contribution >= 0.6 is 11.6 Å². The first kappa shape index (κ1) is 17.3. The lowest BCUT2D eigenvalue weighted by Gasteiger charge is -2.19. The van der Waals surface area contributed by atoms with E-state index in [1.54, 1.807) is 0 Å². The molecule has 114 valence electrons. The van der Waals surface area contributed by atoms with E-state index in [-0.39, 0.29) is 6.10 Å². The van der Waals surface area contributed by atoms with E-state index in [2.05, 4.69) is 19.2 Å². The van der Waals surface area contributed by atoms with Crippen LogP contribution in [0.3, 0.4) is 0 Å². The van der Waals surface area contributed by atoms with Crippen LogP contribution < -0.4 is 5.32 Å². The first-order valence-corrected chi connectivity index (χ1v) is 7.56. The summed E-state index contributed by atoms with van der Waals surface area (Å²) in [6.45, 7) is 9.18. The fourth-order valence-electron chi connectivity index (χ4n) is 2.08. The predicted molar refractivity (Wildman–Crippen MR) is 85.6 cm³/mol. The first-order valence-electron chi connectivity index (χ1n) is 7.18. The molecule has 0 spiro atoms. The van der Waals surface area contributed by atoms with Gasteiger partial charge in [-0.1, -0.05) is 31.5 Å². The molecule has 0 amide bonds. The Morgan fingerprint density at radius 3 is 2.65 bits per heavy atom. The molecular formula is C16H26ClNO2. The van der Waals surface area contributed by atoms with Crippen LogP contribution in [-0.4, -0.2) is 30.5 Å². The summed E-state index contributed by atoms with van der Waals surface area (Å²) in [5.74, 6) is 0.606. The number of halogens is 1. The van der Waals surface area contributed by atoms with E-state index in [1.165, 1.54) is 0 Å². The zero-order valence-electron chi connectivity index (χ0n) is 12.8. The van der Waals surface area contributed by atoms with E-state index >= 15 is 0 Å². The van der Waals surface area contributed by atoms with E-state index in [9.17, 15) is 5.11 Å². The van der Waals surface area contributed by atoms with E-state index in [1.807, 2.05) is 32.0 Å². The Hall–Kier alpha value is -0.770. The summed E-state index contributed by atoms with van der Waals surface area (Å²) in [6.07, 6.45) is 0.661. The van der Waals surface area contributed by atoms with Crippen molar-refractivity contribution in [2.45, 2.75) is 46.3 Å². The molecule has 2 N–H and O–H groups in total. The maximum atomic E-state index is 9.93. The van der Waals surface area contributed by atoms with Crippen molar-refractivity contribution in [1.82, 2.24) is 0 Å². The minimum absolute atomic E-state index is 0.178. The standard InChI is InChI=1S/C16H26ClNO2/c1-11(2)7-13(4)20-10-15(19)9-18-16-8-14(17)6-5-12(16)3/h5-6,8,11,13,15,18-19H,7,9-10H2,1-4H3. The number of aryl methyl sites for hydroxylation is 1. The van der Waals surface area contributed by atoms with Crippen LogP contribution in [0, 0.1) is 12.8 Å². The molecule has 0 heterocycles. The zero-order chi connectivity index (χ0) is 15.1. The van der Waals surface area contributed by atoms with Crippen molar-refractivity contribution in [3.05, 3.63) is 28.8 Å². The van der Waals surface area contributed by atoms with Crippen molar-refractivity contribution in [2.75, 3.05) is 18.5 Å². The second-order valence-corrected chi connectivity index (χ2v) is 6.20. The van der Waals surface area contributed by atoms with Crippen molar-refractivity contribution in [1.29, 1.82) is 0 Å². The number of hydrogen-bond acceptors (Lipinski definition) is 3. The summed E-state index contributed by atoms with van der Waals surface area (Å²) >= 11 is 5.96. The van der Waals surface area contributed by atoms with Gasteiger partial charge in [-0.25, -0.2) is 0 Å². The van der Waals surface area contributed by atoms with Crippen LogP contribution in [0.15, 0.2) is 18.2 Å². The molecule has 0 saturated carbocycles. The lowest BCUT2D eigenvalue weighted by molar-refractivity contribution is -0.00444. The highest BCUT2D eigenvalue weighted by atomic mass is 35.5. The van der Waals surface area contributed by atoms with E-state index in [0.29, 0.717) is 24.1 Å². The smallest absolute Gasteiger partial charge is 0.0945 e. The largest absolute Gasteiger partial charge is 0.389 e. The van der Waals surface area contributed by atoms with Crippen LogP contribution in [0.4, 0.5) is 5.69 Å². The molecule has 0 aliphatic rings. The molecule has 2 atom stereocenters. The third-order valence-electron chi connectivity index (χ3n) is 3.10. The molecule has 4 heteroatoms. The fourth-order valence-corrected chi connectivity index (χ4v) is 2.25. The van der Waals surface area contributed by atoms with Crippen molar-refractivity contribution < 1.29 is 9.84 Å². The molecule has 1 aromatic rings. The maximum absolute atomic E-state index is 9.93. The molecule has 0 fully saturated rings. The molecule has 3 nitrogen and oxygen atoms in total. The Kier molecular flexibility index (Phi) is 7.35. The number of benzene rings is 1. The second-order valence-electron chi connectivity index (χ2n) is 5.77. The highest BCUT2D eigenvalue weighted by molar-refractivity contribution is 6.30. The number of nitrogens with one attached hydrogen (secondary N) is 1. The molecule has 20 heavy (non-hydrogen) atoms. The monoisotopic (exact) mass is 299 g/mol. The lowest BCUT2D eigenvalue weighted by Crippen LogP contribution is -2.27. The molecule has 1 aromatic carbocycles. The Balaban J connectivity index is 2.32. The van der Waals surface area contributed by atoms with Gasteiger partial charge in [-0.15, -0.1) is 0 Å². The van der Waals surface area contributed by atoms with Crippen LogP contribution in [0.1, 0.15) is 32.8 Å². The van der Waals surface area contributed by atoms with Crippen molar-refractivity contribution >= 4 is 17.3 Å². The quantitative estimate of drug-likeness (QED) is 0.765. The van der Waals surface area contributed by atoms with Gasteiger partial charge in [-0.05, 0) is 43.9 Å². The summed E-state index contributed by atoms with van der Waals surface area (Å²) in [5.41, 5.74) is 2.06. The van der Waals surface area contributed by atoms with Gasteiger partial charge in [0.2, 0.25) is 0 Å². The Morgan fingerprint density at radius 2 is 2.00 bits per heavy atom. The van der Waals surface area contributed by atoms with Crippen molar-refractivity contribution in [3.8, 4) is 0 Å². The summed E-state index contributed by atoms with van der Waals surface area (Å²) in [6, 6.07) is 5.68. The van der Waals surface area contributed by atoms with Gasteiger partial charge in [0, 0.05) is 17.3 Å². The average molecular weight is 300 g/mol. The number of anilines is 1.